The normalized spacial score (nSPS) is 11.2. The molecule has 0 aliphatic heterocycles. The van der Waals surface area contributed by atoms with Crippen LogP contribution in [0.15, 0.2) is 6.07 Å². The van der Waals surface area contributed by atoms with E-state index in [4.69, 9.17) is 0 Å². The summed E-state index contributed by atoms with van der Waals surface area (Å²) >= 11 is 0. The lowest BCUT2D eigenvalue weighted by atomic mass is 10.0. The molecule has 3 heteroatoms. The summed E-state index contributed by atoms with van der Waals surface area (Å²) in [4.78, 5) is 20.6. The van der Waals surface area contributed by atoms with Gasteiger partial charge in [0.25, 0.3) is 0 Å². The summed E-state index contributed by atoms with van der Waals surface area (Å²) in [5.74, 6) is 1.80. The largest absolute Gasteiger partial charge is 0.299 e. The Morgan fingerprint density at radius 1 is 1.24 bits per heavy atom. The first kappa shape index (κ1) is 13.8. The van der Waals surface area contributed by atoms with Gasteiger partial charge >= 0.3 is 0 Å². The maximum Gasteiger partial charge on any atom is 0.139 e. The van der Waals surface area contributed by atoms with Crippen LogP contribution in [0.1, 0.15) is 57.2 Å². The molecule has 3 nitrogen and oxygen atoms in total. The van der Waals surface area contributed by atoms with Crippen molar-refractivity contribution in [3.8, 4) is 0 Å². The maximum absolute atomic E-state index is 11.8. The number of nitrogens with zero attached hydrogens (tertiary/aromatic N) is 2. The third-order valence-electron chi connectivity index (χ3n) is 2.46. The third-order valence-corrected chi connectivity index (χ3v) is 2.46. The van der Waals surface area contributed by atoms with Gasteiger partial charge in [-0.25, -0.2) is 9.97 Å². The van der Waals surface area contributed by atoms with Crippen molar-refractivity contribution in [2.45, 2.75) is 53.4 Å². The number of ketones is 1. The van der Waals surface area contributed by atoms with Crippen LogP contribution in [0.2, 0.25) is 0 Å². The van der Waals surface area contributed by atoms with Crippen LogP contribution in [0, 0.1) is 12.8 Å². The lowest BCUT2D eigenvalue weighted by molar-refractivity contribution is -0.119. The van der Waals surface area contributed by atoms with Gasteiger partial charge in [0.05, 0.1) is 5.69 Å². The maximum atomic E-state index is 11.8. The van der Waals surface area contributed by atoms with Gasteiger partial charge in [-0.1, -0.05) is 27.7 Å². The van der Waals surface area contributed by atoms with Crippen LogP contribution in [0.4, 0.5) is 0 Å². The average Bonchev–Trinajstić information content (AvgIpc) is 2.14. The van der Waals surface area contributed by atoms with Crippen LogP contribution < -0.4 is 0 Å². The number of rotatable bonds is 5. The Morgan fingerprint density at radius 2 is 1.88 bits per heavy atom. The molecule has 0 unspecified atom stereocenters. The molecule has 0 N–H and O–H groups in total. The molecule has 1 aromatic heterocycles. The topological polar surface area (TPSA) is 42.9 Å². The zero-order valence-electron chi connectivity index (χ0n) is 11.4. The van der Waals surface area contributed by atoms with Crippen molar-refractivity contribution in [2.24, 2.45) is 5.92 Å². The molecular weight excluding hydrogens is 212 g/mol. The number of aromatic nitrogens is 2. The molecule has 0 aromatic carbocycles. The van der Waals surface area contributed by atoms with Gasteiger partial charge in [0, 0.05) is 24.5 Å². The number of hydrogen-bond donors (Lipinski definition) is 0. The van der Waals surface area contributed by atoms with E-state index in [0.29, 0.717) is 24.7 Å². The second-order valence-electron chi connectivity index (χ2n) is 5.33. The van der Waals surface area contributed by atoms with Crippen molar-refractivity contribution in [1.82, 2.24) is 9.97 Å². The fraction of sp³-hybridized carbons (Fsp3) is 0.643. The SMILES string of the molecule is Cc1cc(CC(=O)CC(C)C)nc(C(C)C)n1. The van der Waals surface area contributed by atoms with E-state index < -0.39 is 0 Å². The van der Waals surface area contributed by atoms with Crippen molar-refractivity contribution in [3.05, 3.63) is 23.3 Å². The molecule has 0 amide bonds. The lowest BCUT2D eigenvalue weighted by Gasteiger charge is -2.08. The van der Waals surface area contributed by atoms with Gasteiger partial charge in [-0.15, -0.1) is 0 Å². The van der Waals surface area contributed by atoms with E-state index in [0.717, 1.165) is 17.2 Å². The first-order valence-electron chi connectivity index (χ1n) is 6.24. The average molecular weight is 234 g/mol. The molecule has 0 spiro atoms. The summed E-state index contributed by atoms with van der Waals surface area (Å²) in [7, 11) is 0. The Balaban J connectivity index is 2.80. The van der Waals surface area contributed by atoms with Gasteiger partial charge in [-0.3, -0.25) is 4.79 Å². The van der Waals surface area contributed by atoms with Gasteiger partial charge in [-0.05, 0) is 18.9 Å². The molecule has 1 rings (SSSR count). The summed E-state index contributed by atoms with van der Waals surface area (Å²) in [6, 6.07) is 1.91. The molecule has 0 saturated carbocycles. The Morgan fingerprint density at radius 3 is 2.41 bits per heavy atom. The third kappa shape index (κ3) is 4.63. The highest BCUT2D eigenvalue weighted by molar-refractivity contribution is 5.80. The summed E-state index contributed by atoms with van der Waals surface area (Å²) in [6.45, 7) is 10.2. The summed E-state index contributed by atoms with van der Waals surface area (Å²) < 4.78 is 0. The van der Waals surface area contributed by atoms with E-state index in [2.05, 4.69) is 37.7 Å². The number of hydrogen-bond acceptors (Lipinski definition) is 3. The van der Waals surface area contributed by atoms with Crippen molar-refractivity contribution in [2.75, 3.05) is 0 Å². The van der Waals surface area contributed by atoms with Crippen LogP contribution >= 0.6 is 0 Å². The standard InChI is InChI=1S/C14H22N2O/c1-9(2)6-13(17)8-12-7-11(5)15-14(16-12)10(3)4/h7,9-10H,6,8H2,1-5H3. The summed E-state index contributed by atoms with van der Waals surface area (Å²) in [6.07, 6.45) is 1.06. The highest BCUT2D eigenvalue weighted by Crippen LogP contribution is 2.12. The van der Waals surface area contributed by atoms with E-state index in [1.165, 1.54) is 0 Å². The van der Waals surface area contributed by atoms with Gasteiger partial charge in [-0.2, -0.15) is 0 Å². The Labute approximate surface area is 104 Å². The number of carbonyl (C=O) groups excluding carboxylic acids is 1. The Bertz CT molecular complexity index is 397. The highest BCUT2D eigenvalue weighted by Gasteiger charge is 2.10. The quantitative estimate of drug-likeness (QED) is 0.786. The second kappa shape index (κ2) is 5.89. The molecule has 17 heavy (non-hydrogen) atoms. The van der Waals surface area contributed by atoms with Crippen LogP contribution in [0.3, 0.4) is 0 Å². The molecule has 1 aromatic rings. The summed E-state index contributed by atoms with van der Waals surface area (Å²) in [5.41, 5.74) is 1.79. The Kier molecular flexibility index (Phi) is 4.79. The van der Waals surface area contributed by atoms with Crippen LogP contribution in [-0.2, 0) is 11.2 Å². The van der Waals surface area contributed by atoms with E-state index in [9.17, 15) is 4.79 Å². The fourth-order valence-electron chi connectivity index (χ4n) is 1.74. The predicted molar refractivity (Wildman–Crippen MR) is 69.0 cm³/mol. The first-order chi connectivity index (χ1) is 7.88. The fourth-order valence-corrected chi connectivity index (χ4v) is 1.74. The smallest absolute Gasteiger partial charge is 0.139 e. The molecule has 0 aliphatic carbocycles. The highest BCUT2D eigenvalue weighted by atomic mass is 16.1. The number of Topliss-reactive ketones (excluding diaryl/α,β-unsaturated/α-hetero) is 1. The van der Waals surface area contributed by atoms with Gasteiger partial charge in [0.1, 0.15) is 11.6 Å². The van der Waals surface area contributed by atoms with Crippen LogP contribution in [-0.4, -0.2) is 15.8 Å². The van der Waals surface area contributed by atoms with E-state index >= 15 is 0 Å². The number of aryl methyl sites for hydroxylation is 1. The predicted octanol–water partition coefficient (Wildman–Crippen LogP) is 3.07. The molecule has 94 valence electrons. The minimum atomic E-state index is 0.257. The number of carbonyl (C=O) groups is 1. The monoisotopic (exact) mass is 234 g/mol. The van der Waals surface area contributed by atoms with Crippen LogP contribution in [0.25, 0.3) is 0 Å². The summed E-state index contributed by atoms with van der Waals surface area (Å²) in [5, 5.41) is 0. The zero-order chi connectivity index (χ0) is 13.0. The minimum Gasteiger partial charge on any atom is -0.299 e. The molecular formula is C14H22N2O. The molecule has 0 aliphatic rings. The van der Waals surface area contributed by atoms with Crippen molar-refractivity contribution >= 4 is 5.78 Å². The first-order valence-corrected chi connectivity index (χ1v) is 6.24. The Hall–Kier alpha value is -1.25. The van der Waals surface area contributed by atoms with Crippen molar-refractivity contribution in [1.29, 1.82) is 0 Å². The minimum absolute atomic E-state index is 0.257. The second-order valence-corrected chi connectivity index (χ2v) is 5.33. The zero-order valence-corrected chi connectivity index (χ0v) is 11.4. The molecule has 1 heterocycles. The molecule has 0 atom stereocenters. The molecule has 0 radical (unpaired) electrons. The van der Waals surface area contributed by atoms with Crippen molar-refractivity contribution in [3.63, 3.8) is 0 Å². The van der Waals surface area contributed by atoms with Gasteiger partial charge in [0.15, 0.2) is 0 Å². The van der Waals surface area contributed by atoms with Gasteiger partial charge < -0.3 is 0 Å². The van der Waals surface area contributed by atoms with Crippen molar-refractivity contribution < 1.29 is 4.79 Å². The molecule has 0 saturated heterocycles. The lowest BCUT2D eigenvalue weighted by Crippen LogP contribution is -2.10. The molecule has 0 fully saturated rings. The van der Waals surface area contributed by atoms with Gasteiger partial charge in [0.2, 0.25) is 0 Å². The van der Waals surface area contributed by atoms with E-state index in [1.54, 1.807) is 0 Å². The van der Waals surface area contributed by atoms with Crippen LogP contribution in [0.5, 0.6) is 0 Å². The van der Waals surface area contributed by atoms with E-state index in [1.807, 2.05) is 13.0 Å². The molecule has 0 bridgehead atoms. The van der Waals surface area contributed by atoms with E-state index in [-0.39, 0.29) is 5.78 Å².